The summed E-state index contributed by atoms with van der Waals surface area (Å²) in [5.41, 5.74) is 5.32. The van der Waals surface area contributed by atoms with Gasteiger partial charge in [-0.05, 0) is 64.2 Å². The standard InChI is InChI=1S/C48H80NO12P/c1-3-5-7-8-9-10-11-12-13-14-15-16-17-18-19-23-31-37-46(52)58-39-44(40-59-62(56,57)60-41-45(49)48(54)55)61-47(53)38-32-24-21-20-22-28-34-43(51)36-30-26-25-29-35-42(50)33-27-6-4-2/h6,12-13,21-22,24-30,35-36,42-45,50-51H,3-5,7-11,14-20,23,31-34,37-41,49H2,1-2H3,(H,54,55)(H,56,57)/b13-12-,24-21-,26-25-,27-6-,28-22-,35-29+,36-30+/t42-,43+,44+,45-/m0/s1. The molecular weight excluding hydrogens is 813 g/mol. The van der Waals surface area contributed by atoms with Crippen LogP contribution in [0.15, 0.2) is 85.1 Å². The second-order valence-electron chi connectivity index (χ2n) is 15.2. The zero-order valence-electron chi connectivity index (χ0n) is 37.6. The molecule has 0 rings (SSSR count). The van der Waals surface area contributed by atoms with Crippen LogP contribution in [0.25, 0.3) is 0 Å². The zero-order valence-corrected chi connectivity index (χ0v) is 38.5. The molecule has 6 N–H and O–H groups in total. The number of phosphoric ester groups is 1. The molecule has 13 nitrogen and oxygen atoms in total. The van der Waals surface area contributed by atoms with Crippen molar-refractivity contribution in [2.45, 2.75) is 179 Å². The SMILES string of the molecule is CC/C=C\C[C@H](O)/C=C/C=C\C=C\[C@H](O)C/C=C\C/C=C\CCC(=O)O[C@H](COC(=O)CCCCCCCCC/C=C\CCCCCCCC)COP(=O)(O)OC[C@H](N)C(=O)O. The Morgan fingerprint density at radius 1 is 0.597 bits per heavy atom. The van der Waals surface area contributed by atoms with Gasteiger partial charge in [-0.15, -0.1) is 0 Å². The number of carboxylic acid groups (broad SMARTS) is 1. The molecule has 0 amide bonds. The van der Waals surface area contributed by atoms with Gasteiger partial charge in [0.15, 0.2) is 6.10 Å². The number of ether oxygens (including phenoxy) is 2. The molecule has 0 aromatic rings. The summed E-state index contributed by atoms with van der Waals surface area (Å²) in [6.07, 6.45) is 44.4. The first-order chi connectivity index (χ1) is 29.9. The Balaban J connectivity index is 4.59. The molecule has 0 saturated carbocycles. The van der Waals surface area contributed by atoms with Gasteiger partial charge in [-0.3, -0.25) is 23.4 Å². The van der Waals surface area contributed by atoms with E-state index in [1.54, 1.807) is 42.5 Å². The van der Waals surface area contributed by atoms with Gasteiger partial charge in [0.2, 0.25) is 0 Å². The Bertz CT molecular complexity index is 1410. The summed E-state index contributed by atoms with van der Waals surface area (Å²) < 4.78 is 32.6. The summed E-state index contributed by atoms with van der Waals surface area (Å²) in [4.78, 5) is 46.0. The lowest BCUT2D eigenvalue weighted by molar-refractivity contribution is -0.161. The summed E-state index contributed by atoms with van der Waals surface area (Å²) in [5, 5.41) is 28.9. The minimum Gasteiger partial charge on any atom is -0.480 e. The molecule has 0 aromatic carbocycles. The van der Waals surface area contributed by atoms with E-state index in [4.69, 9.17) is 24.8 Å². The van der Waals surface area contributed by atoms with Crippen LogP contribution in [0.1, 0.15) is 155 Å². The Morgan fingerprint density at radius 3 is 1.69 bits per heavy atom. The fourth-order valence-corrected chi connectivity index (χ4v) is 6.45. The maximum absolute atomic E-state index is 12.6. The lowest BCUT2D eigenvalue weighted by atomic mass is 10.1. The van der Waals surface area contributed by atoms with E-state index in [2.05, 4.69) is 23.6 Å². The number of hydrogen-bond acceptors (Lipinski definition) is 11. The number of aliphatic hydroxyl groups is 2. The predicted molar refractivity (Wildman–Crippen MR) is 247 cm³/mol. The second-order valence-corrected chi connectivity index (χ2v) is 16.7. The molecule has 0 spiro atoms. The number of carbonyl (C=O) groups is 3. The topological polar surface area (TPSA) is 212 Å². The van der Waals surface area contributed by atoms with Gasteiger partial charge in [-0.1, -0.05) is 163 Å². The van der Waals surface area contributed by atoms with E-state index in [0.717, 1.165) is 38.5 Å². The number of aliphatic carboxylic acids is 1. The molecule has 0 aliphatic rings. The highest BCUT2D eigenvalue weighted by molar-refractivity contribution is 7.47. The Hall–Kier alpha value is -3.42. The largest absolute Gasteiger partial charge is 0.480 e. The average molecular weight is 894 g/mol. The average Bonchev–Trinajstić information content (AvgIpc) is 3.24. The van der Waals surface area contributed by atoms with Crippen LogP contribution in [0, 0.1) is 0 Å². The third-order valence-electron chi connectivity index (χ3n) is 9.31. The number of unbranched alkanes of at least 4 members (excludes halogenated alkanes) is 13. The number of phosphoric acid groups is 1. The molecule has 0 aromatic heterocycles. The van der Waals surface area contributed by atoms with Crippen LogP contribution in [-0.2, 0) is 37.5 Å². The first kappa shape index (κ1) is 58.6. The van der Waals surface area contributed by atoms with Crippen LogP contribution in [0.4, 0.5) is 0 Å². The van der Waals surface area contributed by atoms with E-state index in [0.29, 0.717) is 32.1 Å². The first-order valence-corrected chi connectivity index (χ1v) is 24.3. The molecule has 0 fully saturated rings. The van der Waals surface area contributed by atoms with Crippen molar-refractivity contribution < 1.29 is 57.7 Å². The summed E-state index contributed by atoms with van der Waals surface area (Å²) in [6.45, 7) is 2.42. The fourth-order valence-electron chi connectivity index (χ4n) is 5.67. The van der Waals surface area contributed by atoms with Gasteiger partial charge in [0.1, 0.15) is 12.6 Å². The van der Waals surface area contributed by atoms with Gasteiger partial charge in [0.05, 0.1) is 25.4 Å². The number of carboxylic acids is 1. The molecule has 354 valence electrons. The lowest BCUT2D eigenvalue weighted by Gasteiger charge is -2.20. The molecule has 1 unspecified atom stereocenters. The van der Waals surface area contributed by atoms with E-state index in [9.17, 15) is 34.1 Å². The van der Waals surface area contributed by atoms with Crippen LogP contribution < -0.4 is 5.73 Å². The van der Waals surface area contributed by atoms with E-state index in [1.807, 2.05) is 37.3 Å². The number of nitrogens with two attached hydrogens (primary N) is 1. The number of esters is 2. The van der Waals surface area contributed by atoms with Crippen LogP contribution >= 0.6 is 7.82 Å². The van der Waals surface area contributed by atoms with E-state index in [1.165, 1.54) is 57.8 Å². The number of allylic oxidation sites excluding steroid dienone is 10. The molecule has 0 heterocycles. The van der Waals surface area contributed by atoms with Crippen LogP contribution in [0.3, 0.4) is 0 Å². The molecule has 0 saturated heterocycles. The zero-order chi connectivity index (χ0) is 45.9. The third kappa shape index (κ3) is 40.6. The Kier molecular flexibility index (Phi) is 39.3. The summed E-state index contributed by atoms with van der Waals surface area (Å²) >= 11 is 0. The minimum absolute atomic E-state index is 0.0253. The van der Waals surface area contributed by atoms with Crippen molar-refractivity contribution in [1.82, 2.24) is 0 Å². The van der Waals surface area contributed by atoms with E-state index >= 15 is 0 Å². The van der Waals surface area contributed by atoms with Crippen molar-refractivity contribution >= 4 is 25.7 Å². The number of aliphatic hydroxyl groups excluding tert-OH is 2. The molecule has 14 heteroatoms. The van der Waals surface area contributed by atoms with Crippen LogP contribution in [-0.4, -0.2) is 82.3 Å². The van der Waals surface area contributed by atoms with Crippen molar-refractivity contribution in [3.8, 4) is 0 Å². The van der Waals surface area contributed by atoms with Gasteiger partial charge in [0, 0.05) is 12.8 Å². The monoisotopic (exact) mass is 894 g/mol. The summed E-state index contributed by atoms with van der Waals surface area (Å²) in [7, 11) is -4.77. The molecule has 5 atom stereocenters. The van der Waals surface area contributed by atoms with Crippen LogP contribution in [0.5, 0.6) is 0 Å². The van der Waals surface area contributed by atoms with Gasteiger partial charge < -0.3 is 35.4 Å². The number of hydrogen-bond donors (Lipinski definition) is 5. The molecule has 0 bridgehead atoms. The van der Waals surface area contributed by atoms with Crippen molar-refractivity contribution in [2.24, 2.45) is 5.73 Å². The van der Waals surface area contributed by atoms with Crippen molar-refractivity contribution in [2.75, 3.05) is 19.8 Å². The van der Waals surface area contributed by atoms with Crippen molar-refractivity contribution in [3.63, 3.8) is 0 Å². The third-order valence-corrected chi connectivity index (χ3v) is 10.3. The quantitative estimate of drug-likeness (QED) is 0.0127. The first-order valence-electron chi connectivity index (χ1n) is 22.8. The van der Waals surface area contributed by atoms with Crippen molar-refractivity contribution in [3.05, 3.63) is 85.1 Å². The van der Waals surface area contributed by atoms with Crippen LogP contribution in [0.2, 0.25) is 0 Å². The van der Waals surface area contributed by atoms with E-state index in [-0.39, 0.29) is 12.8 Å². The molecule has 0 aliphatic carbocycles. The van der Waals surface area contributed by atoms with E-state index < -0.39 is 69.9 Å². The minimum atomic E-state index is -4.77. The smallest absolute Gasteiger partial charge is 0.472 e. The highest BCUT2D eigenvalue weighted by Gasteiger charge is 2.28. The predicted octanol–water partition coefficient (Wildman–Crippen LogP) is 10.2. The fraction of sp³-hybridized carbons (Fsp3) is 0.646. The Labute approximate surface area is 372 Å². The summed E-state index contributed by atoms with van der Waals surface area (Å²) in [5.74, 6) is -2.59. The maximum Gasteiger partial charge on any atom is 0.472 e. The van der Waals surface area contributed by atoms with Gasteiger partial charge in [-0.2, -0.15) is 0 Å². The molecule has 0 radical (unpaired) electrons. The molecule has 62 heavy (non-hydrogen) atoms. The maximum atomic E-state index is 12.6. The number of carbonyl (C=O) groups excluding carboxylic acids is 2. The van der Waals surface area contributed by atoms with Crippen molar-refractivity contribution in [1.29, 1.82) is 0 Å². The Morgan fingerprint density at radius 2 is 1.11 bits per heavy atom. The number of rotatable bonds is 41. The molecular formula is C48H80NO12P. The molecule has 0 aliphatic heterocycles. The van der Waals surface area contributed by atoms with Gasteiger partial charge >= 0.3 is 25.7 Å². The highest BCUT2D eigenvalue weighted by atomic mass is 31.2. The second kappa shape index (κ2) is 41.6. The summed E-state index contributed by atoms with van der Waals surface area (Å²) in [6, 6.07) is -1.56. The normalized spacial score (nSPS) is 15.5. The van der Waals surface area contributed by atoms with Gasteiger partial charge in [0.25, 0.3) is 0 Å². The lowest BCUT2D eigenvalue weighted by Crippen LogP contribution is -2.34. The highest BCUT2D eigenvalue weighted by Crippen LogP contribution is 2.43. The van der Waals surface area contributed by atoms with Gasteiger partial charge in [-0.25, -0.2) is 4.57 Å².